The van der Waals surface area contributed by atoms with Crippen LogP contribution in [0.1, 0.15) is 50.7 Å². The van der Waals surface area contributed by atoms with Crippen molar-refractivity contribution in [1.82, 2.24) is 0 Å². The van der Waals surface area contributed by atoms with Crippen molar-refractivity contribution in [3.63, 3.8) is 0 Å². The van der Waals surface area contributed by atoms with Crippen LogP contribution in [0.15, 0.2) is 69.9 Å². The molecule has 0 aliphatic heterocycles. The molecule has 0 bridgehead atoms. The zero-order valence-corrected chi connectivity index (χ0v) is 18.6. The minimum atomic E-state index is -0.0495. The third-order valence-electron chi connectivity index (χ3n) is 4.41. The molecule has 0 atom stereocenters. The molecule has 2 rings (SSSR count). The number of ether oxygens (including phenoxy) is 2. The summed E-state index contributed by atoms with van der Waals surface area (Å²) in [4.78, 5) is 8.31. The SMILES string of the molecule is CCCCOc1ccc(C=N/C(C#N)=C(\C#N)N=Cc2ccc(OCCCC)cc2)cc1. The molecule has 0 aliphatic carbocycles. The van der Waals surface area contributed by atoms with Crippen molar-refractivity contribution in [2.24, 2.45) is 9.98 Å². The van der Waals surface area contributed by atoms with Gasteiger partial charge in [0.1, 0.15) is 23.6 Å². The van der Waals surface area contributed by atoms with Crippen molar-refractivity contribution in [3.8, 4) is 23.6 Å². The molecule has 0 heterocycles. The zero-order valence-electron chi connectivity index (χ0n) is 18.6. The van der Waals surface area contributed by atoms with Crippen LogP contribution in [0, 0.1) is 22.7 Å². The summed E-state index contributed by atoms with van der Waals surface area (Å²) in [6, 6.07) is 18.7. The van der Waals surface area contributed by atoms with E-state index in [2.05, 4.69) is 23.8 Å². The van der Waals surface area contributed by atoms with Gasteiger partial charge < -0.3 is 9.47 Å². The molecule has 0 saturated heterocycles. The van der Waals surface area contributed by atoms with Gasteiger partial charge >= 0.3 is 0 Å². The third-order valence-corrected chi connectivity index (χ3v) is 4.41. The highest BCUT2D eigenvalue weighted by molar-refractivity contribution is 5.82. The van der Waals surface area contributed by atoms with Crippen LogP contribution in [0.2, 0.25) is 0 Å². The Morgan fingerprint density at radius 2 is 1.09 bits per heavy atom. The van der Waals surface area contributed by atoms with E-state index < -0.39 is 0 Å². The van der Waals surface area contributed by atoms with Crippen LogP contribution in [0.3, 0.4) is 0 Å². The number of benzene rings is 2. The standard InChI is InChI=1S/C26H28N4O2/c1-3-5-15-31-23-11-7-21(8-12-23)19-29-25(17-27)26(18-28)30-20-22-9-13-24(14-10-22)32-16-6-4-2/h7-14,19-20H,3-6,15-16H2,1-2H3/b26-25+,29-19?,30-20?. The van der Waals surface area contributed by atoms with E-state index in [-0.39, 0.29) is 11.4 Å². The monoisotopic (exact) mass is 428 g/mol. The summed E-state index contributed by atoms with van der Waals surface area (Å²) in [6.07, 6.45) is 7.24. The van der Waals surface area contributed by atoms with Gasteiger partial charge in [-0.05, 0) is 72.5 Å². The highest BCUT2D eigenvalue weighted by Gasteiger charge is 2.03. The summed E-state index contributed by atoms with van der Waals surface area (Å²) >= 11 is 0. The summed E-state index contributed by atoms with van der Waals surface area (Å²) in [5.74, 6) is 1.58. The Morgan fingerprint density at radius 1 is 0.719 bits per heavy atom. The lowest BCUT2D eigenvalue weighted by molar-refractivity contribution is 0.309. The van der Waals surface area contributed by atoms with Crippen LogP contribution in [-0.2, 0) is 0 Å². The second kappa shape index (κ2) is 14.2. The van der Waals surface area contributed by atoms with E-state index in [0.29, 0.717) is 13.2 Å². The minimum Gasteiger partial charge on any atom is -0.494 e. The fourth-order valence-corrected chi connectivity index (χ4v) is 2.53. The number of allylic oxidation sites excluding steroid dienone is 2. The summed E-state index contributed by atoms with van der Waals surface area (Å²) < 4.78 is 11.3. The van der Waals surface area contributed by atoms with Gasteiger partial charge in [0.05, 0.1) is 13.2 Å². The molecule has 2 aromatic rings. The normalized spacial score (nSPS) is 11.8. The second-order valence-corrected chi connectivity index (χ2v) is 6.98. The molecule has 164 valence electrons. The predicted molar refractivity (Wildman–Crippen MR) is 127 cm³/mol. The van der Waals surface area contributed by atoms with E-state index in [1.807, 2.05) is 60.7 Å². The Morgan fingerprint density at radius 3 is 1.41 bits per heavy atom. The zero-order chi connectivity index (χ0) is 23.0. The van der Waals surface area contributed by atoms with E-state index in [4.69, 9.17) is 9.47 Å². The molecule has 0 saturated carbocycles. The molecule has 0 aromatic heterocycles. The van der Waals surface area contributed by atoms with E-state index in [1.54, 1.807) is 0 Å². The van der Waals surface area contributed by atoms with Gasteiger partial charge in [-0.2, -0.15) is 10.5 Å². The van der Waals surface area contributed by atoms with Crippen molar-refractivity contribution in [2.75, 3.05) is 13.2 Å². The molecule has 32 heavy (non-hydrogen) atoms. The van der Waals surface area contributed by atoms with Gasteiger partial charge in [0.25, 0.3) is 0 Å². The number of hydrogen-bond acceptors (Lipinski definition) is 6. The lowest BCUT2D eigenvalue weighted by atomic mass is 10.2. The summed E-state index contributed by atoms with van der Waals surface area (Å²) in [7, 11) is 0. The first-order chi connectivity index (χ1) is 15.7. The average molecular weight is 429 g/mol. The van der Waals surface area contributed by atoms with E-state index in [0.717, 1.165) is 48.3 Å². The molecule has 0 amide bonds. The number of nitrogens with zero attached hydrogens (tertiary/aromatic N) is 4. The third kappa shape index (κ3) is 8.45. The molecule has 0 spiro atoms. The van der Waals surface area contributed by atoms with Crippen LogP contribution in [0.25, 0.3) is 0 Å². The van der Waals surface area contributed by atoms with Crippen LogP contribution >= 0.6 is 0 Å². The number of rotatable bonds is 12. The van der Waals surface area contributed by atoms with Gasteiger partial charge in [0.15, 0.2) is 11.4 Å². The molecule has 2 aromatic carbocycles. The molecule has 0 unspecified atom stereocenters. The highest BCUT2D eigenvalue weighted by atomic mass is 16.5. The van der Waals surface area contributed by atoms with Gasteiger partial charge in [0, 0.05) is 12.4 Å². The Labute approximate surface area is 190 Å². The maximum absolute atomic E-state index is 9.42. The lowest BCUT2D eigenvalue weighted by Crippen LogP contribution is -1.96. The van der Waals surface area contributed by atoms with Gasteiger partial charge in [0.2, 0.25) is 0 Å². The maximum Gasteiger partial charge on any atom is 0.176 e. The summed E-state index contributed by atoms with van der Waals surface area (Å²) in [5, 5.41) is 18.8. The van der Waals surface area contributed by atoms with Crippen LogP contribution in [0.5, 0.6) is 11.5 Å². The molecule has 6 heteroatoms. The largest absolute Gasteiger partial charge is 0.494 e. The first-order valence-electron chi connectivity index (χ1n) is 10.8. The smallest absolute Gasteiger partial charge is 0.176 e. The molecule has 0 aliphatic rings. The number of nitriles is 2. The molecule has 6 nitrogen and oxygen atoms in total. The molecule has 0 radical (unpaired) electrons. The molecular formula is C26H28N4O2. The predicted octanol–water partition coefficient (Wildman–Crippen LogP) is 5.84. The molecular weight excluding hydrogens is 400 g/mol. The van der Waals surface area contributed by atoms with Crippen molar-refractivity contribution >= 4 is 12.4 Å². The van der Waals surface area contributed by atoms with E-state index in [9.17, 15) is 10.5 Å². The van der Waals surface area contributed by atoms with E-state index in [1.165, 1.54) is 12.4 Å². The van der Waals surface area contributed by atoms with E-state index >= 15 is 0 Å². The van der Waals surface area contributed by atoms with Crippen LogP contribution in [-0.4, -0.2) is 25.6 Å². The van der Waals surface area contributed by atoms with Gasteiger partial charge in [-0.3, -0.25) is 0 Å². The van der Waals surface area contributed by atoms with Crippen molar-refractivity contribution in [2.45, 2.75) is 39.5 Å². The second-order valence-electron chi connectivity index (χ2n) is 6.98. The Kier molecular flexibility index (Phi) is 10.8. The van der Waals surface area contributed by atoms with Crippen molar-refractivity contribution in [3.05, 3.63) is 71.1 Å². The summed E-state index contributed by atoms with van der Waals surface area (Å²) in [6.45, 7) is 5.60. The highest BCUT2D eigenvalue weighted by Crippen LogP contribution is 2.14. The summed E-state index contributed by atoms with van der Waals surface area (Å²) in [5.41, 5.74) is 1.49. The first-order valence-corrected chi connectivity index (χ1v) is 10.8. The Balaban J connectivity index is 2.05. The van der Waals surface area contributed by atoms with Crippen LogP contribution in [0.4, 0.5) is 0 Å². The van der Waals surface area contributed by atoms with Crippen molar-refractivity contribution in [1.29, 1.82) is 10.5 Å². The fourth-order valence-electron chi connectivity index (χ4n) is 2.53. The quantitative estimate of drug-likeness (QED) is 0.241. The molecule has 0 N–H and O–H groups in total. The molecule has 0 fully saturated rings. The Bertz CT molecular complexity index is 924. The van der Waals surface area contributed by atoms with Gasteiger partial charge in [-0.1, -0.05) is 26.7 Å². The van der Waals surface area contributed by atoms with Crippen molar-refractivity contribution < 1.29 is 9.47 Å². The number of aliphatic imine (C=N–C) groups is 2. The topological polar surface area (TPSA) is 90.8 Å². The number of unbranched alkanes of at least 4 members (excludes halogenated alkanes) is 2. The minimum absolute atomic E-state index is 0.0495. The van der Waals surface area contributed by atoms with Crippen LogP contribution < -0.4 is 9.47 Å². The lowest BCUT2D eigenvalue weighted by Gasteiger charge is -2.05. The Hall–Kier alpha value is -3.90. The maximum atomic E-state index is 9.42. The van der Waals surface area contributed by atoms with Gasteiger partial charge in [-0.25, -0.2) is 9.98 Å². The first kappa shape index (κ1) is 24.4. The fraction of sp³-hybridized carbons (Fsp3) is 0.308. The van der Waals surface area contributed by atoms with Gasteiger partial charge in [-0.15, -0.1) is 0 Å². The average Bonchev–Trinajstić information content (AvgIpc) is 2.83. The number of hydrogen-bond donors (Lipinski definition) is 0.